The Hall–Kier alpha value is -0.860. The van der Waals surface area contributed by atoms with Gasteiger partial charge < -0.3 is 11.1 Å². The average molecular weight is 206 g/mol. The van der Waals surface area contributed by atoms with Gasteiger partial charge in [-0.3, -0.25) is 0 Å². The fourth-order valence-electron chi connectivity index (χ4n) is 1.66. The third kappa shape index (κ3) is 5.55. The van der Waals surface area contributed by atoms with E-state index in [1.54, 1.807) is 0 Å². The van der Waals surface area contributed by atoms with E-state index in [4.69, 9.17) is 5.73 Å². The van der Waals surface area contributed by atoms with E-state index in [0.29, 0.717) is 6.04 Å². The molecule has 0 spiro atoms. The van der Waals surface area contributed by atoms with Gasteiger partial charge in [0.05, 0.1) is 0 Å². The Labute approximate surface area is 92.9 Å². The second kappa shape index (κ2) is 7.43. The van der Waals surface area contributed by atoms with E-state index in [2.05, 4.69) is 42.6 Å². The van der Waals surface area contributed by atoms with Gasteiger partial charge in [0.25, 0.3) is 0 Å². The van der Waals surface area contributed by atoms with Crippen molar-refractivity contribution in [1.29, 1.82) is 0 Å². The summed E-state index contributed by atoms with van der Waals surface area (Å²) in [7, 11) is 0. The summed E-state index contributed by atoms with van der Waals surface area (Å²) in [4.78, 5) is 0. The molecule has 0 aliphatic heterocycles. The van der Waals surface area contributed by atoms with Crippen molar-refractivity contribution in [3.8, 4) is 0 Å². The third-order valence-corrected chi connectivity index (χ3v) is 2.51. The van der Waals surface area contributed by atoms with Gasteiger partial charge >= 0.3 is 0 Å². The minimum Gasteiger partial charge on any atom is -0.330 e. The maximum Gasteiger partial charge on any atom is 0.00791 e. The summed E-state index contributed by atoms with van der Waals surface area (Å²) >= 11 is 0. The SMILES string of the molecule is C[C@H](Cc1ccccc1)NCCCCN. The van der Waals surface area contributed by atoms with Gasteiger partial charge in [-0.15, -0.1) is 0 Å². The minimum atomic E-state index is 0.546. The Morgan fingerprint density at radius 2 is 1.93 bits per heavy atom. The van der Waals surface area contributed by atoms with Gasteiger partial charge in [-0.2, -0.15) is 0 Å². The van der Waals surface area contributed by atoms with Crippen LogP contribution in [0, 0.1) is 0 Å². The normalized spacial score (nSPS) is 12.7. The van der Waals surface area contributed by atoms with Gasteiger partial charge in [-0.25, -0.2) is 0 Å². The van der Waals surface area contributed by atoms with Gasteiger partial charge in [0.1, 0.15) is 0 Å². The lowest BCUT2D eigenvalue weighted by molar-refractivity contribution is 0.527. The first-order chi connectivity index (χ1) is 7.33. The molecule has 0 bridgehead atoms. The largest absolute Gasteiger partial charge is 0.330 e. The maximum atomic E-state index is 5.44. The Kier molecular flexibility index (Phi) is 6.05. The lowest BCUT2D eigenvalue weighted by atomic mass is 10.1. The summed E-state index contributed by atoms with van der Waals surface area (Å²) < 4.78 is 0. The van der Waals surface area contributed by atoms with Crippen molar-refractivity contribution < 1.29 is 0 Å². The van der Waals surface area contributed by atoms with Crippen LogP contribution >= 0.6 is 0 Å². The summed E-state index contributed by atoms with van der Waals surface area (Å²) in [5.41, 5.74) is 6.84. The van der Waals surface area contributed by atoms with Crippen LogP contribution in [0.5, 0.6) is 0 Å². The molecule has 15 heavy (non-hydrogen) atoms. The second-order valence-corrected chi connectivity index (χ2v) is 4.04. The highest BCUT2D eigenvalue weighted by molar-refractivity contribution is 5.15. The van der Waals surface area contributed by atoms with E-state index in [1.807, 2.05) is 0 Å². The van der Waals surface area contributed by atoms with E-state index in [-0.39, 0.29) is 0 Å². The molecule has 2 heteroatoms. The van der Waals surface area contributed by atoms with Gasteiger partial charge in [0.2, 0.25) is 0 Å². The summed E-state index contributed by atoms with van der Waals surface area (Å²) in [5.74, 6) is 0. The number of unbranched alkanes of at least 4 members (excludes halogenated alkanes) is 1. The number of hydrogen-bond acceptors (Lipinski definition) is 2. The molecule has 0 aliphatic rings. The number of benzene rings is 1. The summed E-state index contributed by atoms with van der Waals surface area (Å²) in [6, 6.07) is 11.1. The Morgan fingerprint density at radius 3 is 2.60 bits per heavy atom. The first-order valence-electron chi connectivity index (χ1n) is 5.80. The van der Waals surface area contributed by atoms with E-state index in [0.717, 1.165) is 25.9 Å². The number of nitrogens with one attached hydrogen (secondary N) is 1. The predicted octanol–water partition coefficient (Wildman–Crippen LogP) is 1.95. The molecule has 0 heterocycles. The van der Waals surface area contributed by atoms with Crippen LogP contribution in [0.15, 0.2) is 30.3 Å². The monoisotopic (exact) mass is 206 g/mol. The molecular formula is C13H22N2. The molecule has 84 valence electrons. The molecule has 0 amide bonds. The summed E-state index contributed by atoms with van der Waals surface area (Å²) in [6.07, 6.45) is 3.39. The highest BCUT2D eigenvalue weighted by Crippen LogP contribution is 2.02. The topological polar surface area (TPSA) is 38.0 Å². The molecule has 0 saturated heterocycles. The summed E-state index contributed by atoms with van der Waals surface area (Å²) in [5, 5.41) is 3.51. The second-order valence-electron chi connectivity index (χ2n) is 4.04. The lowest BCUT2D eigenvalue weighted by Crippen LogP contribution is -2.29. The number of hydrogen-bond donors (Lipinski definition) is 2. The first kappa shape index (κ1) is 12.2. The van der Waals surface area contributed by atoms with E-state index in [9.17, 15) is 0 Å². The van der Waals surface area contributed by atoms with Crippen molar-refractivity contribution in [3.63, 3.8) is 0 Å². The van der Waals surface area contributed by atoms with Crippen LogP contribution in [0.2, 0.25) is 0 Å². The van der Waals surface area contributed by atoms with Gasteiger partial charge in [0.15, 0.2) is 0 Å². The molecule has 2 nitrogen and oxygen atoms in total. The van der Waals surface area contributed by atoms with Crippen LogP contribution in [-0.4, -0.2) is 19.1 Å². The van der Waals surface area contributed by atoms with Crippen molar-refractivity contribution in [2.45, 2.75) is 32.2 Å². The summed E-state index contributed by atoms with van der Waals surface area (Å²) in [6.45, 7) is 4.11. The fourth-order valence-corrected chi connectivity index (χ4v) is 1.66. The standard InChI is InChI=1S/C13H22N2/c1-12(15-10-6-5-9-14)11-13-7-3-2-4-8-13/h2-4,7-8,12,15H,5-6,9-11,14H2,1H3/t12-/m1/s1. The first-order valence-corrected chi connectivity index (χ1v) is 5.80. The zero-order valence-electron chi connectivity index (χ0n) is 9.58. The molecule has 0 aliphatic carbocycles. The van der Waals surface area contributed by atoms with Crippen molar-refractivity contribution in [2.75, 3.05) is 13.1 Å². The molecule has 1 rings (SSSR count). The minimum absolute atomic E-state index is 0.546. The maximum absolute atomic E-state index is 5.44. The van der Waals surface area contributed by atoms with Crippen LogP contribution in [0.4, 0.5) is 0 Å². The zero-order valence-corrected chi connectivity index (χ0v) is 9.58. The molecule has 1 aromatic rings. The fraction of sp³-hybridized carbons (Fsp3) is 0.538. The Bertz CT molecular complexity index is 246. The molecule has 0 radical (unpaired) electrons. The molecule has 0 fully saturated rings. The van der Waals surface area contributed by atoms with Crippen molar-refractivity contribution >= 4 is 0 Å². The molecule has 0 aromatic heterocycles. The van der Waals surface area contributed by atoms with Gasteiger partial charge in [-0.1, -0.05) is 30.3 Å². The van der Waals surface area contributed by atoms with Gasteiger partial charge in [-0.05, 0) is 44.8 Å². The van der Waals surface area contributed by atoms with E-state index < -0.39 is 0 Å². The van der Waals surface area contributed by atoms with Crippen LogP contribution in [-0.2, 0) is 6.42 Å². The average Bonchev–Trinajstić information content (AvgIpc) is 2.26. The van der Waals surface area contributed by atoms with Crippen LogP contribution in [0.1, 0.15) is 25.3 Å². The zero-order chi connectivity index (χ0) is 10.9. The molecular weight excluding hydrogens is 184 g/mol. The molecule has 1 aromatic carbocycles. The Balaban J connectivity index is 2.16. The van der Waals surface area contributed by atoms with Crippen LogP contribution in [0.25, 0.3) is 0 Å². The lowest BCUT2D eigenvalue weighted by Gasteiger charge is -2.13. The van der Waals surface area contributed by atoms with E-state index in [1.165, 1.54) is 12.0 Å². The Morgan fingerprint density at radius 1 is 1.20 bits per heavy atom. The van der Waals surface area contributed by atoms with Crippen LogP contribution in [0.3, 0.4) is 0 Å². The highest BCUT2D eigenvalue weighted by Gasteiger charge is 2.01. The van der Waals surface area contributed by atoms with Crippen LogP contribution < -0.4 is 11.1 Å². The van der Waals surface area contributed by atoms with Gasteiger partial charge in [0, 0.05) is 6.04 Å². The third-order valence-electron chi connectivity index (χ3n) is 2.51. The van der Waals surface area contributed by atoms with E-state index >= 15 is 0 Å². The molecule has 1 atom stereocenters. The van der Waals surface area contributed by atoms with Crippen molar-refractivity contribution in [2.24, 2.45) is 5.73 Å². The van der Waals surface area contributed by atoms with Crippen molar-refractivity contribution in [1.82, 2.24) is 5.32 Å². The number of nitrogens with two attached hydrogens (primary N) is 1. The smallest absolute Gasteiger partial charge is 0.00791 e. The van der Waals surface area contributed by atoms with Crippen molar-refractivity contribution in [3.05, 3.63) is 35.9 Å². The predicted molar refractivity (Wildman–Crippen MR) is 65.9 cm³/mol. The number of rotatable bonds is 7. The quantitative estimate of drug-likeness (QED) is 0.669. The highest BCUT2D eigenvalue weighted by atomic mass is 14.9. The molecule has 0 saturated carbocycles. The molecule has 0 unspecified atom stereocenters. The molecule has 3 N–H and O–H groups in total.